The Morgan fingerprint density at radius 1 is 0.913 bits per heavy atom. The number of ether oxygens (including phenoxy) is 1. The van der Waals surface area contributed by atoms with Crippen LogP contribution in [0.3, 0.4) is 0 Å². The van der Waals surface area contributed by atoms with Crippen molar-refractivity contribution in [2.75, 3.05) is 33.2 Å². The van der Waals surface area contributed by atoms with E-state index in [1.54, 1.807) is 0 Å². The zero-order chi connectivity index (χ0) is 16.1. The summed E-state index contributed by atoms with van der Waals surface area (Å²) in [6.45, 7) is 3.56. The highest BCUT2D eigenvalue weighted by Crippen LogP contribution is 2.21. The molecule has 0 atom stereocenters. The van der Waals surface area contributed by atoms with Gasteiger partial charge in [-0.1, -0.05) is 30.3 Å². The van der Waals surface area contributed by atoms with Gasteiger partial charge in [0.15, 0.2) is 0 Å². The van der Waals surface area contributed by atoms with Crippen molar-refractivity contribution < 1.29 is 9.53 Å². The summed E-state index contributed by atoms with van der Waals surface area (Å²) in [6, 6.07) is 17.4. The maximum Gasteiger partial charge on any atom is 0.227 e. The van der Waals surface area contributed by atoms with Crippen LogP contribution < -0.4 is 4.74 Å². The van der Waals surface area contributed by atoms with Crippen LogP contribution in [-0.4, -0.2) is 48.9 Å². The van der Waals surface area contributed by atoms with E-state index in [2.05, 4.69) is 11.9 Å². The van der Waals surface area contributed by atoms with E-state index in [1.807, 2.05) is 59.5 Å². The van der Waals surface area contributed by atoms with Gasteiger partial charge >= 0.3 is 0 Å². The quantitative estimate of drug-likeness (QED) is 0.870. The number of carbonyl (C=O) groups is 1. The van der Waals surface area contributed by atoms with Gasteiger partial charge in [-0.3, -0.25) is 4.79 Å². The summed E-state index contributed by atoms with van der Waals surface area (Å²) >= 11 is 0. The first kappa shape index (κ1) is 15.6. The molecule has 1 aliphatic rings. The van der Waals surface area contributed by atoms with E-state index in [0.29, 0.717) is 6.42 Å². The van der Waals surface area contributed by atoms with Crippen molar-refractivity contribution in [3.8, 4) is 11.5 Å². The second-order valence-corrected chi connectivity index (χ2v) is 5.92. The molecule has 1 saturated heterocycles. The Morgan fingerprint density at radius 2 is 1.52 bits per heavy atom. The fourth-order valence-corrected chi connectivity index (χ4v) is 2.64. The SMILES string of the molecule is CN1CCN(C(=O)Cc2ccc(Oc3ccccc3)cc2)CC1. The molecule has 120 valence electrons. The van der Waals surface area contributed by atoms with Crippen LogP contribution in [0.2, 0.25) is 0 Å². The molecule has 0 radical (unpaired) electrons. The van der Waals surface area contributed by atoms with Gasteiger partial charge < -0.3 is 14.5 Å². The molecule has 3 rings (SSSR count). The maximum absolute atomic E-state index is 12.3. The van der Waals surface area contributed by atoms with E-state index < -0.39 is 0 Å². The molecule has 4 heteroatoms. The normalized spacial score (nSPS) is 15.4. The Balaban J connectivity index is 1.56. The summed E-state index contributed by atoms with van der Waals surface area (Å²) < 4.78 is 5.77. The Morgan fingerprint density at radius 3 is 2.17 bits per heavy atom. The van der Waals surface area contributed by atoms with E-state index in [-0.39, 0.29) is 5.91 Å². The van der Waals surface area contributed by atoms with Gasteiger partial charge in [0.1, 0.15) is 11.5 Å². The molecule has 0 unspecified atom stereocenters. The lowest BCUT2D eigenvalue weighted by molar-refractivity contribution is -0.132. The predicted molar refractivity (Wildman–Crippen MR) is 90.7 cm³/mol. The van der Waals surface area contributed by atoms with Crippen LogP contribution in [0.5, 0.6) is 11.5 Å². The summed E-state index contributed by atoms with van der Waals surface area (Å²) in [4.78, 5) is 16.5. The van der Waals surface area contributed by atoms with Gasteiger partial charge in [0, 0.05) is 26.2 Å². The van der Waals surface area contributed by atoms with Crippen LogP contribution in [0.25, 0.3) is 0 Å². The fraction of sp³-hybridized carbons (Fsp3) is 0.316. The number of para-hydroxylation sites is 1. The number of hydrogen-bond acceptors (Lipinski definition) is 3. The lowest BCUT2D eigenvalue weighted by Crippen LogP contribution is -2.47. The first-order chi connectivity index (χ1) is 11.2. The Bertz CT molecular complexity index is 632. The molecule has 23 heavy (non-hydrogen) atoms. The second-order valence-electron chi connectivity index (χ2n) is 5.92. The monoisotopic (exact) mass is 310 g/mol. The van der Waals surface area contributed by atoms with E-state index in [0.717, 1.165) is 43.2 Å². The van der Waals surface area contributed by atoms with Crippen molar-refractivity contribution in [2.45, 2.75) is 6.42 Å². The standard InChI is InChI=1S/C19H22N2O2/c1-20-11-13-21(14-12-20)19(22)15-16-7-9-18(10-8-16)23-17-5-3-2-4-6-17/h2-10H,11-15H2,1H3. The predicted octanol–water partition coefficient (Wildman–Crippen LogP) is 2.80. The largest absolute Gasteiger partial charge is 0.457 e. The summed E-state index contributed by atoms with van der Waals surface area (Å²) in [5.41, 5.74) is 1.02. The molecule has 0 N–H and O–H groups in total. The van der Waals surface area contributed by atoms with Crippen LogP contribution in [0.15, 0.2) is 54.6 Å². The van der Waals surface area contributed by atoms with Gasteiger partial charge in [-0.25, -0.2) is 0 Å². The molecule has 0 bridgehead atoms. The van der Waals surface area contributed by atoms with Crippen molar-refractivity contribution >= 4 is 5.91 Å². The van der Waals surface area contributed by atoms with Gasteiger partial charge in [-0.2, -0.15) is 0 Å². The van der Waals surface area contributed by atoms with Crippen molar-refractivity contribution in [3.63, 3.8) is 0 Å². The highest BCUT2D eigenvalue weighted by atomic mass is 16.5. The maximum atomic E-state index is 12.3. The van der Waals surface area contributed by atoms with Crippen LogP contribution in [0.4, 0.5) is 0 Å². The van der Waals surface area contributed by atoms with E-state index in [9.17, 15) is 4.79 Å². The summed E-state index contributed by atoms with van der Waals surface area (Å²) in [5.74, 6) is 1.80. The van der Waals surface area contributed by atoms with Gasteiger partial charge in [0.05, 0.1) is 6.42 Å². The van der Waals surface area contributed by atoms with Crippen LogP contribution in [-0.2, 0) is 11.2 Å². The van der Waals surface area contributed by atoms with Crippen molar-refractivity contribution in [1.29, 1.82) is 0 Å². The summed E-state index contributed by atoms with van der Waals surface area (Å²) in [6.07, 6.45) is 0.454. The average Bonchev–Trinajstić information content (AvgIpc) is 2.58. The van der Waals surface area contributed by atoms with Crippen molar-refractivity contribution in [2.24, 2.45) is 0 Å². The molecule has 1 amide bonds. The Labute approximate surface area is 137 Å². The van der Waals surface area contributed by atoms with Gasteiger partial charge in [0.25, 0.3) is 0 Å². The molecule has 1 aliphatic heterocycles. The molecule has 1 fully saturated rings. The zero-order valence-electron chi connectivity index (χ0n) is 13.4. The molecule has 0 saturated carbocycles. The molecule has 4 nitrogen and oxygen atoms in total. The van der Waals surface area contributed by atoms with E-state index in [1.165, 1.54) is 0 Å². The molecule has 2 aromatic carbocycles. The number of piperazine rings is 1. The van der Waals surface area contributed by atoms with Crippen molar-refractivity contribution in [3.05, 3.63) is 60.2 Å². The number of carbonyl (C=O) groups excluding carboxylic acids is 1. The molecule has 0 spiro atoms. The average molecular weight is 310 g/mol. The third kappa shape index (κ3) is 4.33. The highest BCUT2D eigenvalue weighted by molar-refractivity contribution is 5.79. The lowest BCUT2D eigenvalue weighted by atomic mass is 10.1. The minimum atomic E-state index is 0.204. The number of amides is 1. The molecule has 1 heterocycles. The van der Waals surface area contributed by atoms with Gasteiger partial charge in [-0.05, 0) is 36.9 Å². The van der Waals surface area contributed by atoms with E-state index >= 15 is 0 Å². The van der Waals surface area contributed by atoms with E-state index in [4.69, 9.17) is 4.74 Å². The third-order valence-corrected chi connectivity index (χ3v) is 4.11. The fourth-order valence-electron chi connectivity index (χ4n) is 2.64. The number of likely N-dealkylation sites (N-methyl/N-ethyl adjacent to an activating group) is 1. The second kappa shape index (κ2) is 7.29. The molecule has 0 aromatic heterocycles. The zero-order valence-corrected chi connectivity index (χ0v) is 13.4. The minimum absolute atomic E-state index is 0.204. The smallest absolute Gasteiger partial charge is 0.227 e. The number of hydrogen-bond donors (Lipinski definition) is 0. The minimum Gasteiger partial charge on any atom is -0.457 e. The van der Waals surface area contributed by atoms with Crippen LogP contribution in [0, 0.1) is 0 Å². The van der Waals surface area contributed by atoms with Gasteiger partial charge in [-0.15, -0.1) is 0 Å². The third-order valence-electron chi connectivity index (χ3n) is 4.11. The Hall–Kier alpha value is -2.33. The van der Waals surface area contributed by atoms with Crippen molar-refractivity contribution in [1.82, 2.24) is 9.80 Å². The summed E-state index contributed by atoms with van der Waals surface area (Å²) in [7, 11) is 2.09. The molecular formula is C19H22N2O2. The number of rotatable bonds is 4. The highest BCUT2D eigenvalue weighted by Gasteiger charge is 2.18. The Kier molecular flexibility index (Phi) is 4.93. The lowest BCUT2D eigenvalue weighted by Gasteiger charge is -2.32. The van der Waals surface area contributed by atoms with Crippen LogP contribution in [0.1, 0.15) is 5.56 Å². The first-order valence-electron chi connectivity index (χ1n) is 7.99. The topological polar surface area (TPSA) is 32.8 Å². The molecular weight excluding hydrogens is 288 g/mol. The van der Waals surface area contributed by atoms with Gasteiger partial charge in [0.2, 0.25) is 5.91 Å². The molecule has 0 aliphatic carbocycles. The number of benzene rings is 2. The number of nitrogens with zero attached hydrogens (tertiary/aromatic N) is 2. The summed E-state index contributed by atoms with van der Waals surface area (Å²) in [5, 5.41) is 0. The van der Waals surface area contributed by atoms with Crippen LogP contribution >= 0.6 is 0 Å². The first-order valence-corrected chi connectivity index (χ1v) is 7.99. The molecule has 2 aromatic rings.